The lowest BCUT2D eigenvalue weighted by atomic mass is 10.0. The Kier molecular flexibility index (Phi) is 5.65. The van der Waals surface area contributed by atoms with Crippen LogP contribution in [0.15, 0.2) is 24.8 Å². The first kappa shape index (κ1) is 21.0. The summed E-state index contributed by atoms with van der Waals surface area (Å²) >= 11 is 6.10. The summed E-state index contributed by atoms with van der Waals surface area (Å²) in [5, 5.41) is 0.417. The third-order valence-corrected chi connectivity index (χ3v) is 6.99. The lowest BCUT2D eigenvalue weighted by molar-refractivity contribution is -0.136. The van der Waals surface area contributed by atoms with Gasteiger partial charge in [-0.3, -0.25) is 23.9 Å². The highest BCUT2D eigenvalue weighted by Gasteiger charge is 2.35. The molecule has 11 heteroatoms. The first-order chi connectivity index (χ1) is 14.3. The largest absolute Gasteiger partial charge is 0.340 e. The van der Waals surface area contributed by atoms with Crippen LogP contribution in [0.3, 0.4) is 0 Å². The van der Waals surface area contributed by atoms with E-state index in [2.05, 4.69) is 20.9 Å². The normalized spacial score (nSPS) is 20.7. The zero-order valence-corrected chi connectivity index (χ0v) is 18.0. The maximum atomic E-state index is 12.7. The van der Waals surface area contributed by atoms with E-state index in [1.165, 1.54) is 6.08 Å². The maximum absolute atomic E-state index is 12.7. The van der Waals surface area contributed by atoms with Gasteiger partial charge in [0.25, 0.3) is 0 Å². The minimum atomic E-state index is -3.62. The Morgan fingerprint density at radius 3 is 2.50 bits per heavy atom. The summed E-state index contributed by atoms with van der Waals surface area (Å²) in [6, 6.07) is 3.58. The van der Waals surface area contributed by atoms with Crippen LogP contribution in [0.4, 0.5) is 11.4 Å². The summed E-state index contributed by atoms with van der Waals surface area (Å²) < 4.78 is 28.4. The van der Waals surface area contributed by atoms with Crippen molar-refractivity contribution < 1.29 is 18.0 Å². The van der Waals surface area contributed by atoms with Crippen molar-refractivity contribution in [3.8, 4) is 0 Å². The molecule has 162 valence electrons. The molecule has 0 saturated carbocycles. The third kappa shape index (κ3) is 4.26. The summed E-state index contributed by atoms with van der Waals surface area (Å²) in [5.74, 6) is -0.000635. The minimum absolute atomic E-state index is 0.0364. The van der Waals surface area contributed by atoms with Gasteiger partial charge in [-0.15, -0.1) is 0 Å². The van der Waals surface area contributed by atoms with Crippen molar-refractivity contribution in [2.75, 3.05) is 48.7 Å². The lowest BCUT2D eigenvalue weighted by Gasteiger charge is -2.47. The average molecular weight is 454 g/mol. The Labute approximate surface area is 180 Å². The second-order valence-corrected chi connectivity index (χ2v) is 9.56. The van der Waals surface area contributed by atoms with E-state index in [-0.39, 0.29) is 18.2 Å². The number of nitrogens with zero attached hydrogens (tertiary/aromatic N) is 3. The monoisotopic (exact) mass is 453 g/mol. The smallest absolute Gasteiger partial charge is 0.321 e. The van der Waals surface area contributed by atoms with Crippen molar-refractivity contribution in [1.29, 1.82) is 0 Å². The van der Waals surface area contributed by atoms with E-state index in [4.69, 9.17) is 11.6 Å². The third-order valence-electron chi connectivity index (χ3n) is 5.81. The molecule has 2 fully saturated rings. The van der Waals surface area contributed by atoms with Crippen LogP contribution in [0.5, 0.6) is 0 Å². The minimum Gasteiger partial charge on any atom is -0.340 e. The van der Waals surface area contributed by atoms with Gasteiger partial charge in [0.15, 0.2) is 0 Å². The molecule has 2 saturated heterocycles. The second-order valence-electron chi connectivity index (χ2n) is 7.71. The van der Waals surface area contributed by atoms with Crippen molar-refractivity contribution in [3.63, 3.8) is 0 Å². The van der Waals surface area contributed by atoms with Gasteiger partial charge < -0.3 is 9.80 Å². The zero-order valence-electron chi connectivity index (χ0n) is 16.4. The molecule has 30 heavy (non-hydrogen) atoms. The van der Waals surface area contributed by atoms with Crippen molar-refractivity contribution in [3.05, 3.63) is 35.4 Å². The molecule has 0 atom stereocenters. The Morgan fingerprint density at radius 2 is 1.83 bits per heavy atom. The number of hydrogen-bond acceptors (Lipinski definition) is 5. The van der Waals surface area contributed by atoms with Crippen LogP contribution in [-0.4, -0.2) is 80.2 Å². The number of halogens is 1. The molecule has 0 aromatic heterocycles. The Bertz CT molecular complexity index is 985. The van der Waals surface area contributed by atoms with Crippen LogP contribution in [0.25, 0.3) is 0 Å². The number of nitrogens with one attached hydrogen (secondary N) is 2. The van der Waals surface area contributed by atoms with Crippen LogP contribution < -0.4 is 9.44 Å². The van der Waals surface area contributed by atoms with Gasteiger partial charge in [0.05, 0.1) is 11.4 Å². The number of carbonyl (C=O) groups is 2. The van der Waals surface area contributed by atoms with Gasteiger partial charge in [0.1, 0.15) is 0 Å². The molecule has 0 radical (unpaired) electrons. The number of amides is 2. The van der Waals surface area contributed by atoms with Gasteiger partial charge in [0.2, 0.25) is 11.8 Å². The molecule has 0 aliphatic carbocycles. The molecule has 2 amide bonds. The zero-order chi connectivity index (χ0) is 21.5. The Hall–Kier alpha value is -2.30. The van der Waals surface area contributed by atoms with Crippen LogP contribution >= 0.6 is 11.6 Å². The lowest BCUT2D eigenvalue weighted by Crippen LogP contribution is -2.64. The molecule has 3 aliphatic heterocycles. The molecule has 0 unspecified atom stereocenters. The van der Waals surface area contributed by atoms with Crippen molar-refractivity contribution in [2.45, 2.75) is 18.9 Å². The molecular formula is C19H24ClN5O4S. The maximum Gasteiger partial charge on any atom is 0.321 e. The molecule has 1 aromatic carbocycles. The van der Waals surface area contributed by atoms with Crippen LogP contribution in [0.2, 0.25) is 5.02 Å². The van der Waals surface area contributed by atoms with Crippen LogP contribution in [-0.2, 0) is 26.2 Å². The molecule has 4 rings (SSSR count). The van der Waals surface area contributed by atoms with Gasteiger partial charge in [-0.1, -0.05) is 18.2 Å². The van der Waals surface area contributed by atoms with E-state index in [1.54, 1.807) is 17.0 Å². The molecule has 9 nitrogen and oxygen atoms in total. The van der Waals surface area contributed by atoms with Gasteiger partial charge in [-0.25, -0.2) is 0 Å². The summed E-state index contributed by atoms with van der Waals surface area (Å²) in [5.41, 5.74) is 1.56. The molecule has 0 bridgehead atoms. The van der Waals surface area contributed by atoms with Crippen LogP contribution in [0.1, 0.15) is 12.0 Å². The number of aryl methyl sites for hydroxylation is 1. The number of fused-ring (bicyclic) bond motifs is 1. The first-order valence-corrected chi connectivity index (χ1v) is 11.7. The SMILES string of the molecule is C=CC(=O)N1CC(N2CCN(C(=O)CCc3cc(Cl)cc4c3NS(=O)(=O)N4)CC2)C1. The summed E-state index contributed by atoms with van der Waals surface area (Å²) in [4.78, 5) is 30.2. The molecule has 1 aromatic rings. The van der Waals surface area contributed by atoms with Crippen molar-refractivity contribution in [2.24, 2.45) is 0 Å². The van der Waals surface area contributed by atoms with Gasteiger partial charge >= 0.3 is 10.2 Å². The summed E-state index contributed by atoms with van der Waals surface area (Å²) in [7, 11) is -3.62. The van der Waals surface area contributed by atoms with E-state index >= 15 is 0 Å². The predicted molar refractivity (Wildman–Crippen MR) is 115 cm³/mol. The second kappa shape index (κ2) is 8.09. The number of benzene rings is 1. The molecule has 3 heterocycles. The average Bonchev–Trinajstić information content (AvgIpc) is 2.98. The topological polar surface area (TPSA) is 102 Å². The van der Waals surface area contributed by atoms with E-state index in [0.29, 0.717) is 60.6 Å². The van der Waals surface area contributed by atoms with Gasteiger partial charge in [-0.2, -0.15) is 8.42 Å². The number of carbonyl (C=O) groups excluding carboxylic acids is 2. The Morgan fingerprint density at radius 1 is 1.13 bits per heavy atom. The van der Waals surface area contributed by atoms with E-state index < -0.39 is 10.2 Å². The van der Waals surface area contributed by atoms with E-state index in [9.17, 15) is 18.0 Å². The number of likely N-dealkylation sites (tertiary alicyclic amines) is 1. The highest BCUT2D eigenvalue weighted by molar-refractivity contribution is 7.94. The standard InChI is InChI=1S/C19H24ClN5O4S/c1-2-17(26)25-11-15(12-25)23-5-7-24(8-6-23)18(27)4-3-13-9-14(20)10-16-19(13)22-30(28,29)21-16/h2,9-10,15,21-22H,1,3-8,11-12H2. The fraction of sp³-hybridized carbons (Fsp3) is 0.474. The van der Waals surface area contributed by atoms with Crippen molar-refractivity contribution >= 4 is 45.0 Å². The van der Waals surface area contributed by atoms with E-state index in [0.717, 1.165) is 13.1 Å². The van der Waals surface area contributed by atoms with Gasteiger partial charge in [-0.05, 0) is 30.2 Å². The van der Waals surface area contributed by atoms with Gasteiger partial charge in [0, 0.05) is 56.8 Å². The molecule has 0 spiro atoms. The van der Waals surface area contributed by atoms with Crippen molar-refractivity contribution in [1.82, 2.24) is 14.7 Å². The fourth-order valence-corrected chi connectivity index (χ4v) is 5.35. The number of piperazine rings is 1. The summed E-state index contributed by atoms with van der Waals surface area (Å²) in [6.07, 6.45) is 2.01. The van der Waals surface area contributed by atoms with E-state index in [1.807, 2.05) is 4.90 Å². The number of anilines is 2. The fourth-order valence-electron chi connectivity index (χ4n) is 4.10. The molecule has 3 aliphatic rings. The van der Waals surface area contributed by atoms with Crippen LogP contribution in [0, 0.1) is 0 Å². The highest BCUT2D eigenvalue weighted by atomic mass is 35.5. The Balaban J connectivity index is 1.28. The quantitative estimate of drug-likeness (QED) is 0.645. The molecular weight excluding hydrogens is 430 g/mol. The first-order valence-electron chi connectivity index (χ1n) is 9.82. The highest BCUT2D eigenvalue weighted by Crippen LogP contribution is 2.36. The number of hydrogen-bond donors (Lipinski definition) is 2. The number of rotatable bonds is 5. The molecule has 2 N–H and O–H groups in total. The summed E-state index contributed by atoms with van der Waals surface area (Å²) in [6.45, 7) is 7.78. The predicted octanol–water partition coefficient (Wildman–Crippen LogP) is 0.896.